The Morgan fingerprint density at radius 2 is 1.02 bits per heavy atom. The summed E-state index contributed by atoms with van der Waals surface area (Å²) in [6, 6.07) is 48.0. The van der Waals surface area contributed by atoms with Crippen LogP contribution in [0.5, 0.6) is 0 Å². The zero-order valence-corrected chi connectivity index (χ0v) is 23.0. The van der Waals surface area contributed by atoms with Gasteiger partial charge in [0.25, 0.3) is 0 Å². The third-order valence-corrected chi connectivity index (χ3v) is 8.30. The van der Waals surface area contributed by atoms with Crippen molar-refractivity contribution in [3.05, 3.63) is 140 Å². The van der Waals surface area contributed by atoms with Crippen LogP contribution in [0.25, 0.3) is 88.4 Å². The quantitative estimate of drug-likeness (QED) is 0.206. The van der Waals surface area contributed by atoms with Gasteiger partial charge in [-0.2, -0.15) is 0 Å². The molecule has 0 fully saturated rings. The number of benzene rings is 7. The van der Waals surface area contributed by atoms with Gasteiger partial charge in [0.1, 0.15) is 11.2 Å². The number of furan rings is 1. The van der Waals surface area contributed by atoms with Crippen LogP contribution in [0.1, 0.15) is 0 Å². The molecule has 0 bridgehead atoms. The van der Waals surface area contributed by atoms with E-state index in [2.05, 4.69) is 97.1 Å². The summed E-state index contributed by atoms with van der Waals surface area (Å²) in [4.78, 5) is 15.1. The average Bonchev–Trinajstić information content (AvgIpc) is 3.48. The molecule has 0 aliphatic heterocycles. The Morgan fingerprint density at radius 1 is 0.395 bits per heavy atom. The summed E-state index contributed by atoms with van der Waals surface area (Å²) in [5.74, 6) is 1.91. The Bertz CT molecular complexity index is 2510. The maximum Gasteiger partial charge on any atom is 0.164 e. The van der Waals surface area contributed by atoms with E-state index in [1.54, 1.807) is 0 Å². The van der Waals surface area contributed by atoms with Crippen LogP contribution in [-0.4, -0.2) is 15.0 Å². The minimum Gasteiger partial charge on any atom is -0.455 e. The van der Waals surface area contributed by atoms with E-state index in [-0.39, 0.29) is 0 Å². The van der Waals surface area contributed by atoms with Crippen molar-refractivity contribution in [3.8, 4) is 34.2 Å². The predicted molar refractivity (Wildman–Crippen MR) is 176 cm³/mol. The Kier molecular flexibility index (Phi) is 5.16. The summed E-state index contributed by atoms with van der Waals surface area (Å²) >= 11 is 0. The normalized spacial score (nSPS) is 11.7. The van der Waals surface area contributed by atoms with Gasteiger partial charge in [-0.25, -0.2) is 15.0 Å². The highest BCUT2D eigenvalue weighted by Gasteiger charge is 2.18. The lowest BCUT2D eigenvalue weighted by molar-refractivity contribution is 0.673. The van der Waals surface area contributed by atoms with E-state index in [1.165, 1.54) is 10.8 Å². The van der Waals surface area contributed by atoms with Gasteiger partial charge in [-0.1, -0.05) is 127 Å². The molecule has 0 radical (unpaired) electrons. The molecule has 200 valence electrons. The third-order valence-electron chi connectivity index (χ3n) is 8.30. The second-order valence-corrected chi connectivity index (χ2v) is 10.8. The molecule has 0 unspecified atom stereocenters. The molecule has 0 amide bonds. The molecular formula is C39H23N3O. The lowest BCUT2D eigenvalue weighted by atomic mass is 9.95. The van der Waals surface area contributed by atoms with Gasteiger partial charge in [-0.15, -0.1) is 0 Å². The van der Waals surface area contributed by atoms with Gasteiger partial charge in [-0.05, 0) is 39.1 Å². The zero-order chi connectivity index (χ0) is 28.3. The van der Waals surface area contributed by atoms with Crippen molar-refractivity contribution < 1.29 is 4.42 Å². The van der Waals surface area contributed by atoms with Crippen molar-refractivity contribution in [3.63, 3.8) is 0 Å². The minimum absolute atomic E-state index is 0.621. The largest absolute Gasteiger partial charge is 0.455 e. The van der Waals surface area contributed by atoms with Gasteiger partial charge in [0.2, 0.25) is 0 Å². The number of nitrogens with zero attached hydrogens (tertiary/aromatic N) is 3. The highest BCUT2D eigenvalue weighted by molar-refractivity contribution is 6.30. The van der Waals surface area contributed by atoms with Crippen LogP contribution >= 0.6 is 0 Å². The van der Waals surface area contributed by atoms with E-state index in [0.29, 0.717) is 17.5 Å². The van der Waals surface area contributed by atoms with Crippen molar-refractivity contribution in [2.24, 2.45) is 0 Å². The first-order valence-electron chi connectivity index (χ1n) is 14.4. The molecule has 2 aromatic heterocycles. The standard InChI is InChI=1S/C39H23N3O/c1-2-12-25(13-3-1)37-40-38(42-39(41-37)31-19-10-14-24-11-4-5-15-27(24)31)26-21-22-29-28-16-6-7-17-30(28)35-32-18-8-9-20-34(32)43-36(35)33(29)23-26/h1-23H. The summed E-state index contributed by atoms with van der Waals surface area (Å²) < 4.78 is 6.55. The number of fused-ring (bicyclic) bond motifs is 9. The summed E-state index contributed by atoms with van der Waals surface area (Å²) in [6.45, 7) is 0. The highest BCUT2D eigenvalue weighted by Crippen LogP contribution is 2.42. The number of hydrogen-bond donors (Lipinski definition) is 0. The summed E-state index contributed by atoms with van der Waals surface area (Å²) in [7, 11) is 0. The number of hydrogen-bond acceptors (Lipinski definition) is 4. The van der Waals surface area contributed by atoms with Gasteiger partial charge >= 0.3 is 0 Å². The Hall–Kier alpha value is -5.87. The third kappa shape index (κ3) is 3.74. The fourth-order valence-electron chi connectivity index (χ4n) is 6.31. The van der Waals surface area contributed by atoms with Crippen molar-refractivity contribution in [1.82, 2.24) is 15.0 Å². The second kappa shape index (κ2) is 9.33. The lowest BCUT2D eigenvalue weighted by Crippen LogP contribution is -2.00. The maximum absolute atomic E-state index is 6.55. The van der Waals surface area contributed by atoms with Crippen LogP contribution in [0, 0.1) is 0 Å². The SMILES string of the molecule is c1ccc(-c2nc(-c3ccc4c5ccccc5c5c6ccccc6oc5c4c3)nc(-c3cccc4ccccc34)n2)cc1. The number of para-hydroxylation sites is 1. The van der Waals surface area contributed by atoms with Crippen molar-refractivity contribution in [2.75, 3.05) is 0 Å². The van der Waals surface area contributed by atoms with E-state index in [1.807, 2.05) is 42.5 Å². The number of aromatic nitrogens is 3. The van der Waals surface area contributed by atoms with Crippen LogP contribution in [-0.2, 0) is 0 Å². The summed E-state index contributed by atoms with van der Waals surface area (Å²) in [6.07, 6.45) is 0. The van der Waals surface area contributed by atoms with E-state index in [0.717, 1.165) is 60.2 Å². The molecule has 9 rings (SSSR count). The molecule has 0 saturated heterocycles. The van der Waals surface area contributed by atoms with Crippen LogP contribution < -0.4 is 0 Å². The van der Waals surface area contributed by atoms with Gasteiger partial charge < -0.3 is 4.42 Å². The fraction of sp³-hybridized carbons (Fsp3) is 0. The Balaban J connectivity index is 1.34. The molecule has 0 spiro atoms. The second-order valence-electron chi connectivity index (χ2n) is 10.8. The maximum atomic E-state index is 6.55. The smallest absolute Gasteiger partial charge is 0.164 e. The van der Waals surface area contributed by atoms with Crippen LogP contribution in [0.3, 0.4) is 0 Å². The van der Waals surface area contributed by atoms with Gasteiger partial charge in [0.15, 0.2) is 17.5 Å². The van der Waals surface area contributed by atoms with Crippen molar-refractivity contribution in [1.29, 1.82) is 0 Å². The van der Waals surface area contributed by atoms with E-state index in [9.17, 15) is 0 Å². The Labute approximate surface area is 246 Å². The molecule has 7 aromatic carbocycles. The first-order valence-corrected chi connectivity index (χ1v) is 14.4. The monoisotopic (exact) mass is 549 g/mol. The van der Waals surface area contributed by atoms with Crippen LogP contribution in [0.2, 0.25) is 0 Å². The molecule has 0 aliphatic carbocycles. The topological polar surface area (TPSA) is 51.8 Å². The van der Waals surface area contributed by atoms with E-state index < -0.39 is 0 Å². The zero-order valence-electron chi connectivity index (χ0n) is 23.0. The van der Waals surface area contributed by atoms with Crippen LogP contribution in [0.15, 0.2) is 144 Å². The minimum atomic E-state index is 0.621. The first-order chi connectivity index (χ1) is 21.3. The van der Waals surface area contributed by atoms with Crippen LogP contribution in [0.4, 0.5) is 0 Å². The average molecular weight is 550 g/mol. The predicted octanol–water partition coefficient (Wildman–Crippen LogP) is 10.2. The molecular weight excluding hydrogens is 526 g/mol. The lowest BCUT2D eigenvalue weighted by Gasteiger charge is -2.11. The molecule has 0 aliphatic rings. The summed E-state index contributed by atoms with van der Waals surface area (Å²) in [5.41, 5.74) is 4.59. The molecule has 43 heavy (non-hydrogen) atoms. The van der Waals surface area contributed by atoms with Gasteiger partial charge in [-0.3, -0.25) is 0 Å². The fourth-order valence-corrected chi connectivity index (χ4v) is 6.31. The highest BCUT2D eigenvalue weighted by atomic mass is 16.3. The number of rotatable bonds is 3. The molecule has 0 N–H and O–H groups in total. The van der Waals surface area contributed by atoms with E-state index in [4.69, 9.17) is 19.4 Å². The van der Waals surface area contributed by atoms with Gasteiger partial charge in [0.05, 0.1) is 0 Å². The molecule has 0 saturated carbocycles. The Morgan fingerprint density at radius 3 is 1.88 bits per heavy atom. The molecule has 0 atom stereocenters. The molecule has 4 nitrogen and oxygen atoms in total. The van der Waals surface area contributed by atoms with Crippen molar-refractivity contribution in [2.45, 2.75) is 0 Å². The van der Waals surface area contributed by atoms with Crippen molar-refractivity contribution >= 4 is 54.3 Å². The summed E-state index contributed by atoms with van der Waals surface area (Å²) in [5, 5.41) is 9.06. The first kappa shape index (κ1) is 23.8. The molecule has 4 heteroatoms. The van der Waals surface area contributed by atoms with E-state index >= 15 is 0 Å². The van der Waals surface area contributed by atoms with Gasteiger partial charge in [0, 0.05) is 32.8 Å². The molecule has 9 aromatic rings. The molecule has 2 heterocycles.